The SMILES string of the molecule is Cc1cc(F)ccc1-c1cncc(B(O)O)c1. The summed E-state index contributed by atoms with van der Waals surface area (Å²) < 4.78 is 13.0. The lowest BCUT2D eigenvalue weighted by atomic mass is 9.80. The first-order valence-corrected chi connectivity index (χ1v) is 5.15. The predicted octanol–water partition coefficient (Wildman–Crippen LogP) is 0.876. The van der Waals surface area contributed by atoms with E-state index in [1.165, 1.54) is 18.3 Å². The molecule has 1 heterocycles. The van der Waals surface area contributed by atoms with Gasteiger partial charge in [-0.1, -0.05) is 12.1 Å². The lowest BCUT2D eigenvalue weighted by Crippen LogP contribution is -2.30. The van der Waals surface area contributed by atoms with E-state index in [0.717, 1.165) is 16.7 Å². The highest BCUT2D eigenvalue weighted by Gasteiger charge is 2.12. The first-order chi connectivity index (χ1) is 8.08. The van der Waals surface area contributed by atoms with Gasteiger partial charge in [-0.25, -0.2) is 4.39 Å². The van der Waals surface area contributed by atoms with E-state index < -0.39 is 7.12 Å². The maximum absolute atomic E-state index is 13.0. The van der Waals surface area contributed by atoms with Crippen molar-refractivity contribution in [1.29, 1.82) is 0 Å². The van der Waals surface area contributed by atoms with E-state index in [4.69, 9.17) is 10.0 Å². The number of nitrogens with zero attached hydrogens (tertiary/aromatic N) is 1. The van der Waals surface area contributed by atoms with Crippen molar-refractivity contribution < 1.29 is 14.4 Å². The van der Waals surface area contributed by atoms with Crippen LogP contribution >= 0.6 is 0 Å². The summed E-state index contributed by atoms with van der Waals surface area (Å²) in [4.78, 5) is 3.93. The smallest absolute Gasteiger partial charge is 0.423 e. The lowest BCUT2D eigenvalue weighted by Gasteiger charge is -2.07. The van der Waals surface area contributed by atoms with Crippen LogP contribution in [0.5, 0.6) is 0 Å². The molecule has 2 rings (SSSR count). The van der Waals surface area contributed by atoms with Gasteiger partial charge in [-0.3, -0.25) is 4.98 Å². The van der Waals surface area contributed by atoms with E-state index in [1.807, 2.05) is 0 Å². The zero-order chi connectivity index (χ0) is 12.4. The highest BCUT2D eigenvalue weighted by Crippen LogP contribution is 2.22. The van der Waals surface area contributed by atoms with Gasteiger partial charge in [0.15, 0.2) is 0 Å². The fourth-order valence-electron chi connectivity index (χ4n) is 1.70. The number of pyridine rings is 1. The lowest BCUT2D eigenvalue weighted by molar-refractivity contribution is 0.425. The quantitative estimate of drug-likeness (QED) is 0.754. The second kappa shape index (κ2) is 4.65. The number of hydrogen-bond acceptors (Lipinski definition) is 3. The molecule has 0 unspecified atom stereocenters. The molecule has 0 saturated carbocycles. The molecule has 0 aliphatic heterocycles. The zero-order valence-corrected chi connectivity index (χ0v) is 9.26. The van der Waals surface area contributed by atoms with Gasteiger partial charge in [0, 0.05) is 17.9 Å². The molecule has 1 aromatic carbocycles. The summed E-state index contributed by atoms with van der Waals surface area (Å²) in [5, 5.41) is 18.1. The number of aryl methyl sites for hydroxylation is 1. The minimum atomic E-state index is -1.55. The van der Waals surface area contributed by atoms with Crippen molar-refractivity contribution >= 4 is 12.6 Å². The maximum Gasteiger partial charge on any atom is 0.490 e. The Morgan fingerprint density at radius 3 is 2.59 bits per heavy atom. The Bertz CT molecular complexity index is 546. The molecule has 0 aliphatic carbocycles. The molecule has 86 valence electrons. The first-order valence-electron chi connectivity index (χ1n) is 5.15. The van der Waals surface area contributed by atoms with Crippen molar-refractivity contribution in [2.75, 3.05) is 0 Å². The van der Waals surface area contributed by atoms with Gasteiger partial charge < -0.3 is 10.0 Å². The van der Waals surface area contributed by atoms with Gasteiger partial charge in [-0.2, -0.15) is 0 Å². The number of halogens is 1. The molecule has 0 atom stereocenters. The number of hydrogen-bond donors (Lipinski definition) is 2. The molecule has 0 radical (unpaired) electrons. The van der Waals surface area contributed by atoms with Crippen LogP contribution in [0.2, 0.25) is 0 Å². The largest absolute Gasteiger partial charge is 0.490 e. The van der Waals surface area contributed by atoms with Crippen molar-refractivity contribution in [3.05, 3.63) is 48.0 Å². The van der Waals surface area contributed by atoms with Crippen LogP contribution in [0.3, 0.4) is 0 Å². The third kappa shape index (κ3) is 2.51. The Hall–Kier alpha value is -1.72. The Kier molecular flexibility index (Phi) is 3.22. The Balaban J connectivity index is 2.49. The summed E-state index contributed by atoms with van der Waals surface area (Å²) in [5.41, 5.74) is 2.64. The molecule has 17 heavy (non-hydrogen) atoms. The Morgan fingerprint density at radius 1 is 1.18 bits per heavy atom. The van der Waals surface area contributed by atoms with Crippen molar-refractivity contribution in [3.63, 3.8) is 0 Å². The molecule has 1 aromatic heterocycles. The highest BCUT2D eigenvalue weighted by atomic mass is 19.1. The van der Waals surface area contributed by atoms with Gasteiger partial charge in [-0.05, 0) is 35.7 Å². The van der Waals surface area contributed by atoms with Crippen molar-refractivity contribution in [2.24, 2.45) is 0 Å². The summed E-state index contributed by atoms with van der Waals surface area (Å²) in [7, 11) is -1.55. The van der Waals surface area contributed by atoms with E-state index in [2.05, 4.69) is 4.98 Å². The van der Waals surface area contributed by atoms with Crippen molar-refractivity contribution in [3.8, 4) is 11.1 Å². The first kappa shape index (κ1) is 11.8. The zero-order valence-electron chi connectivity index (χ0n) is 9.26. The van der Waals surface area contributed by atoms with Crippen molar-refractivity contribution in [1.82, 2.24) is 4.98 Å². The average molecular weight is 231 g/mol. The van der Waals surface area contributed by atoms with Crippen LogP contribution in [0.4, 0.5) is 4.39 Å². The molecule has 2 aromatic rings. The van der Waals surface area contributed by atoms with Crippen LogP contribution in [-0.2, 0) is 0 Å². The predicted molar refractivity (Wildman–Crippen MR) is 64.2 cm³/mol. The molecular weight excluding hydrogens is 220 g/mol. The molecule has 0 saturated heterocycles. The molecule has 0 amide bonds. The van der Waals surface area contributed by atoms with Crippen molar-refractivity contribution in [2.45, 2.75) is 6.92 Å². The second-order valence-electron chi connectivity index (χ2n) is 3.84. The molecule has 5 heteroatoms. The normalized spacial score (nSPS) is 10.4. The third-order valence-electron chi connectivity index (χ3n) is 2.56. The van der Waals surface area contributed by atoms with Gasteiger partial charge in [0.1, 0.15) is 5.82 Å². The fourth-order valence-corrected chi connectivity index (χ4v) is 1.70. The average Bonchev–Trinajstić information content (AvgIpc) is 2.29. The summed E-state index contributed by atoms with van der Waals surface area (Å²) in [5.74, 6) is -0.294. The molecule has 0 aliphatic rings. The van der Waals surface area contributed by atoms with Crippen LogP contribution < -0.4 is 5.46 Å². The maximum atomic E-state index is 13.0. The van der Waals surface area contributed by atoms with Crippen LogP contribution in [0.1, 0.15) is 5.56 Å². The van der Waals surface area contributed by atoms with E-state index >= 15 is 0 Å². The van der Waals surface area contributed by atoms with Gasteiger partial charge >= 0.3 is 7.12 Å². The minimum absolute atomic E-state index is 0.294. The standard InChI is InChI=1S/C12H11BFNO2/c1-8-4-11(14)2-3-12(8)9-5-10(13(16)17)7-15-6-9/h2-7,16-17H,1H3. The molecule has 2 N–H and O–H groups in total. The summed E-state index contributed by atoms with van der Waals surface area (Å²) in [6, 6.07) is 6.06. The van der Waals surface area contributed by atoms with Crippen LogP contribution in [0.15, 0.2) is 36.7 Å². The van der Waals surface area contributed by atoms with Crippen LogP contribution in [0.25, 0.3) is 11.1 Å². The fraction of sp³-hybridized carbons (Fsp3) is 0.0833. The van der Waals surface area contributed by atoms with Gasteiger partial charge in [0.05, 0.1) is 0 Å². The third-order valence-corrected chi connectivity index (χ3v) is 2.56. The number of rotatable bonds is 2. The molecule has 0 bridgehead atoms. The topological polar surface area (TPSA) is 53.4 Å². The van der Waals surface area contributed by atoms with E-state index in [1.54, 1.807) is 25.3 Å². The second-order valence-corrected chi connectivity index (χ2v) is 3.84. The van der Waals surface area contributed by atoms with Gasteiger partial charge in [0.2, 0.25) is 0 Å². The van der Waals surface area contributed by atoms with E-state index in [0.29, 0.717) is 5.46 Å². The molecule has 0 spiro atoms. The van der Waals surface area contributed by atoms with Crippen LogP contribution in [-0.4, -0.2) is 22.2 Å². The van der Waals surface area contributed by atoms with E-state index in [9.17, 15) is 4.39 Å². The highest BCUT2D eigenvalue weighted by molar-refractivity contribution is 6.58. The number of benzene rings is 1. The minimum Gasteiger partial charge on any atom is -0.423 e. The van der Waals surface area contributed by atoms with Gasteiger partial charge in [-0.15, -0.1) is 0 Å². The molecular formula is C12H11BFNO2. The summed E-state index contributed by atoms with van der Waals surface area (Å²) in [6.07, 6.45) is 2.99. The summed E-state index contributed by atoms with van der Waals surface area (Å²) >= 11 is 0. The Morgan fingerprint density at radius 2 is 1.94 bits per heavy atom. The molecule has 3 nitrogen and oxygen atoms in total. The van der Waals surface area contributed by atoms with Crippen LogP contribution in [0, 0.1) is 12.7 Å². The monoisotopic (exact) mass is 231 g/mol. The number of aromatic nitrogens is 1. The summed E-state index contributed by atoms with van der Waals surface area (Å²) in [6.45, 7) is 1.79. The Labute approximate surface area is 98.7 Å². The van der Waals surface area contributed by atoms with E-state index in [-0.39, 0.29) is 5.82 Å². The van der Waals surface area contributed by atoms with Gasteiger partial charge in [0.25, 0.3) is 0 Å². The molecule has 0 fully saturated rings.